The number of nitrogens with zero attached hydrogens (tertiary/aromatic N) is 1. The normalized spacial score (nSPS) is 19.0. The van der Waals surface area contributed by atoms with E-state index in [1.807, 2.05) is 0 Å². The van der Waals surface area contributed by atoms with E-state index in [0.29, 0.717) is 12.5 Å². The molecule has 1 unspecified atom stereocenters. The summed E-state index contributed by atoms with van der Waals surface area (Å²) in [6.07, 6.45) is 2.37. The first-order valence-corrected chi connectivity index (χ1v) is 6.47. The molecule has 0 aromatic carbocycles. The van der Waals surface area contributed by atoms with Crippen LogP contribution in [0.25, 0.3) is 10.7 Å². The van der Waals surface area contributed by atoms with Crippen LogP contribution in [-0.4, -0.2) is 9.97 Å². The molecule has 0 spiro atoms. The van der Waals surface area contributed by atoms with E-state index in [4.69, 9.17) is 10.7 Å². The lowest BCUT2D eigenvalue weighted by Gasteiger charge is -1.97. The van der Waals surface area contributed by atoms with E-state index in [2.05, 4.69) is 24.0 Å². The van der Waals surface area contributed by atoms with Gasteiger partial charge in [-0.1, -0.05) is 6.92 Å². The van der Waals surface area contributed by atoms with Gasteiger partial charge in [0.1, 0.15) is 5.82 Å². The first-order chi connectivity index (χ1) is 7.78. The van der Waals surface area contributed by atoms with E-state index in [9.17, 15) is 0 Å². The number of imidazole rings is 1. The predicted molar refractivity (Wildman–Crippen MR) is 66.5 cm³/mol. The van der Waals surface area contributed by atoms with Gasteiger partial charge in [0.15, 0.2) is 0 Å². The Bertz CT molecular complexity index is 512. The van der Waals surface area contributed by atoms with Crippen molar-refractivity contribution in [1.82, 2.24) is 9.97 Å². The molecule has 0 aliphatic heterocycles. The number of hydrogen-bond acceptors (Lipinski definition) is 3. The summed E-state index contributed by atoms with van der Waals surface area (Å²) in [4.78, 5) is 10.5. The maximum atomic E-state index is 5.62. The van der Waals surface area contributed by atoms with Crippen molar-refractivity contribution in [2.24, 2.45) is 5.73 Å². The van der Waals surface area contributed by atoms with Crippen LogP contribution in [0.4, 0.5) is 0 Å². The topological polar surface area (TPSA) is 54.7 Å². The maximum absolute atomic E-state index is 5.62. The number of hydrogen-bond donors (Lipinski definition) is 2. The highest BCUT2D eigenvalue weighted by molar-refractivity contribution is 7.15. The van der Waals surface area contributed by atoms with Crippen LogP contribution in [0.2, 0.25) is 0 Å². The summed E-state index contributed by atoms with van der Waals surface area (Å²) in [7, 11) is 0. The molecule has 1 aliphatic carbocycles. The van der Waals surface area contributed by atoms with E-state index >= 15 is 0 Å². The molecular formula is C12H15N3S. The van der Waals surface area contributed by atoms with Gasteiger partial charge in [0.25, 0.3) is 0 Å². The molecule has 3 N–H and O–H groups in total. The van der Waals surface area contributed by atoms with Gasteiger partial charge < -0.3 is 10.7 Å². The van der Waals surface area contributed by atoms with Gasteiger partial charge in [-0.25, -0.2) is 4.98 Å². The van der Waals surface area contributed by atoms with Gasteiger partial charge in [0, 0.05) is 23.0 Å². The van der Waals surface area contributed by atoms with Crippen LogP contribution in [0.1, 0.15) is 35.5 Å². The molecule has 2 aromatic heterocycles. The molecule has 84 valence electrons. The average Bonchev–Trinajstić information content (AvgIpc) is 2.95. The number of fused-ring (bicyclic) bond motifs is 1. The summed E-state index contributed by atoms with van der Waals surface area (Å²) in [5.74, 6) is 1.62. The van der Waals surface area contributed by atoms with Crippen LogP contribution in [0, 0.1) is 0 Å². The molecule has 0 fully saturated rings. The second kappa shape index (κ2) is 3.71. The first-order valence-electron chi connectivity index (χ1n) is 5.66. The van der Waals surface area contributed by atoms with Gasteiger partial charge in [-0.15, -0.1) is 11.3 Å². The number of rotatable bonds is 2. The maximum Gasteiger partial charge on any atom is 0.147 e. The SMILES string of the molecule is CC1CCc2[nH]c(-c3ccc(CN)s3)nc21. The van der Waals surface area contributed by atoms with E-state index in [1.165, 1.54) is 27.6 Å². The Morgan fingerprint density at radius 2 is 2.44 bits per heavy atom. The monoisotopic (exact) mass is 233 g/mol. The highest BCUT2D eigenvalue weighted by Crippen LogP contribution is 2.34. The Balaban J connectivity index is 1.98. The average molecular weight is 233 g/mol. The lowest BCUT2D eigenvalue weighted by Crippen LogP contribution is -1.91. The minimum atomic E-state index is 0.606. The molecule has 0 amide bonds. The molecule has 3 rings (SSSR count). The second-order valence-corrected chi connectivity index (χ2v) is 5.53. The molecule has 16 heavy (non-hydrogen) atoms. The summed E-state index contributed by atoms with van der Waals surface area (Å²) in [6.45, 7) is 2.86. The van der Waals surface area contributed by atoms with Crippen LogP contribution in [0.15, 0.2) is 12.1 Å². The third-order valence-electron chi connectivity index (χ3n) is 3.20. The largest absolute Gasteiger partial charge is 0.341 e. The zero-order valence-electron chi connectivity index (χ0n) is 9.29. The summed E-state index contributed by atoms with van der Waals surface area (Å²) in [5.41, 5.74) is 8.20. The lowest BCUT2D eigenvalue weighted by atomic mass is 10.1. The highest BCUT2D eigenvalue weighted by Gasteiger charge is 2.23. The Kier molecular flexibility index (Phi) is 2.33. The Morgan fingerprint density at radius 1 is 1.56 bits per heavy atom. The Morgan fingerprint density at radius 3 is 3.12 bits per heavy atom. The van der Waals surface area contributed by atoms with Crippen molar-refractivity contribution in [1.29, 1.82) is 0 Å². The van der Waals surface area contributed by atoms with Crippen LogP contribution >= 0.6 is 11.3 Å². The first kappa shape index (κ1) is 10.1. The summed E-state index contributed by atoms with van der Waals surface area (Å²) < 4.78 is 0. The lowest BCUT2D eigenvalue weighted by molar-refractivity contribution is 0.726. The predicted octanol–water partition coefficient (Wildman–Crippen LogP) is 2.65. The summed E-state index contributed by atoms with van der Waals surface area (Å²) >= 11 is 1.73. The summed E-state index contributed by atoms with van der Waals surface area (Å²) in [5, 5.41) is 0. The second-order valence-electron chi connectivity index (χ2n) is 4.36. The number of aryl methyl sites for hydroxylation is 1. The van der Waals surface area contributed by atoms with Gasteiger partial charge in [0.2, 0.25) is 0 Å². The number of H-pyrrole nitrogens is 1. The molecule has 2 heterocycles. The Labute approximate surface area is 98.7 Å². The van der Waals surface area contributed by atoms with E-state index in [0.717, 1.165) is 12.2 Å². The van der Waals surface area contributed by atoms with Crippen LogP contribution < -0.4 is 5.73 Å². The van der Waals surface area contributed by atoms with Gasteiger partial charge >= 0.3 is 0 Å². The Hall–Kier alpha value is -1.13. The number of aromatic nitrogens is 2. The van der Waals surface area contributed by atoms with Crippen molar-refractivity contribution in [3.8, 4) is 10.7 Å². The van der Waals surface area contributed by atoms with Crippen molar-refractivity contribution in [3.63, 3.8) is 0 Å². The molecule has 0 saturated heterocycles. The van der Waals surface area contributed by atoms with Crippen molar-refractivity contribution >= 4 is 11.3 Å². The fraction of sp³-hybridized carbons (Fsp3) is 0.417. The van der Waals surface area contributed by atoms with Crippen LogP contribution in [0.5, 0.6) is 0 Å². The van der Waals surface area contributed by atoms with Gasteiger partial charge in [-0.05, 0) is 25.0 Å². The molecule has 0 saturated carbocycles. The van der Waals surface area contributed by atoms with Crippen LogP contribution in [-0.2, 0) is 13.0 Å². The van der Waals surface area contributed by atoms with Crippen molar-refractivity contribution in [2.45, 2.75) is 32.2 Å². The van der Waals surface area contributed by atoms with Gasteiger partial charge in [-0.3, -0.25) is 0 Å². The standard InChI is InChI=1S/C12H15N3S/c1-7-2-4-9-11(7)15-12(14-9)10-5-3-8(6-13)16-10/h3,5,7H,2,4,6,13H2,1H3,(H,14,15). The van der Waals surface area contributed by atoms with Gasteiger partial charge in [-0.2, -0.15) is 0 Å². The molecule has 4 heteroatoms. The number of thiophene rings is 1. The minimum Gasteiger partial charge on any atom is -0.341 e. The molecule has 0 bridgehead atoms. The molecular weight excluding hydrogens is 218 g/mol. The molecule has 2 aromatic rings. The third-order valence-corrected chi connectivity index (χ3v) is 4.32. The molecule has 1 atom stereocenters. The zero-order valence-corrected chi connectivity index (χ0v) is 10.1. The van der Waals surface area contributed by atoms with Crippen molar-refractivity contribution in [2.75, 3.05) is 0 Å². The van der Waals surface area contributed by atoms with E-state index < -0.39 is 0 Å². The number of nitrogens with one attached hydrogen (secondary N) is 1. The number of aromatic amines is 1. The summed E-state index contributed by atoms with van der Waals surface area (Å²) in [6, 6.07) is 4.18. The third kappa shape index (κ3) is 1.49. The number of nitrogens with two attached hydrogens (primary N) is 1. The van der Waals surface area contributed by atoms with Crippen molar-refractivity contribution < 1.29 is 0 Å². The van der Waals surface area contributed by atoms with E-state index in [1.54, 1.807) is 11.3 Å². The van der Waals surface area contributed by atoms with Crippen LogP contribution in [0.3, 0.4) is 0 Å². The molecule has 1 aliphatic rings. The minimum absolute atomic E-state index is 0.606. The quantitative estimate of drug-likeness (QED) is 0.837. The van der Waals surface area contributed by atoms with Crippen molar-refractivity contribution in [3.05, 3.63) is 28.4 Å². The zero-order chi connectivity index (χ0) is 11.1. The highest BCUT2D eigenvalue weighted by atomic mass is 32.1. The molecule has 0 radical (unpaired) electrons. The van der Waals surface area contributed by atoms with E-state index in [-0.39, 0.29) is 0 Å². The fourth-order valence-corrected chi connectivity index (χ4v) is 3.08. The smallest absolute Gasteiger partial charge is 0.147 e. The van der Waals surface area contributed by atoms with Gasteiger partial charge in [0.05, 0.1) is 10.6 Å². The fourth-order valence-electron chi connectivity index (χ4n) is 2.25. The molecule has 3 nitrogen and oxygen atoms in total.